The van der Waals surface area contributed by atoms with E-state index in [2.05, 4.69) is 15.3 Å². The van der Waals surface area contributed by atoms with Crippen molar-refractivity contribution in [2.75, 3.05) is 5.32 Å². The summed E-state index contributed by atoms with van der Waals surface area (Å²) in [6.45, 7) is 0.279. The highest BCUT2D eigenvalue weighted by atomic mass is 19.1. The van der Waals surface area contributed by atoms with Crippen molar-refractivity contribution in [3.8, 4) is 11.3 Å². The first-order chi connectivity index (χ1) is 16.0. The Morgan fingerprint density at radius 1 is 1.00 bits per heavy atom. The standard InChI is InChI=1S/C25H16BFN4O2/c26-16-7-10-18-20(11-16)22-15(12-28-23(18)19-3-1-2-4-21(19)27)13-29-25(31-22)30-17-8-5-14(6-9-17)24(32)33/h1-11,13H,12H2,(H,32,33)(H,29,30,31). The van der Waals surface area contributed by atoms with Gasteiger partial charge in [-0.3, -0.25) is 4.99 Å². The second kappa shape index (κ2) is 8.31. The summed E-state index contributed by atoms with van der Waals surface area (Å²) in [6, 6.07) is 18.2. The lowest BCUT2D eigenvalue weighted by molar-refractivity contribution is 0.0697. The van der Waals surface area contributed by atoms with E-state index < -0.39 is 5.97 Å². The van der Waals surface area contributed by atoms with E-state index in [4.69, 9.17) is 17.9 Å². The maximum absolute atomic E-state index is 14.6. The molecule has 2 heterocycles. The smallest absolute Gasteiger partial charge is 0.335 e. The summed E-state index contributed by atoms with van der Waals surface area (Å²) in [5, 5.41) is 12.2. The normalized spacial score (nSPS) is 12.2. The number of carbonyl (C=O) groups is 1. The molecule has 0 fully saturated rings. The molecule has 3 aromatic carbocycles. The Kier molecular flexibility index (Phi) is 5.18. The van der Waals surface area contributed by atoms with E-state index in [0.29, 0.717) is 34.1 Å². The van der Waals surface area contributed by atoms with Crippen molar-refractivity contribution >= 4 is 36.6 Å². The molecule has 1 aliphatic rings. The lowest BCUT2D eigenvalue weighted by Crippen LogP contribution is -2.11. The Morgan fingerprint density at radius 2 is 1.79 bits per heavy atom. The molecule has 0 spiro atoms. The Hall–Kier alpha value is -4.33. The zero-order valence-corrected chi connectivity index (χ0v) is 17.3. The van der Waals surface area contributed by atoms with E-state index in [1.807, 2.05) is 6.07 Å². The molecule has 1 aromatic heterocycles. The first-order valence-corrected chi connectivity index (χ1v) is 10.2. The molecule has 158 valence electrons. The third-order valence-electron chi connectivity index (χ3n) is 5.34. The summed E-state index contributed by atoms with van der Waals surface area (Å²) in [4.78, 5) is 24.8. The third-order valence-corrected chi connectivity index (χ3v) is 5.34. The number of hydrogen-bond donors (Lipinski definition) is 2. The number of nitrogens with one attached hydrogen (secondary N) is 1. The summed E-state index contributed by atoms with van der Waals surface area (Å²) in [5.74, 6) is -1.02. The molecule has 5 rings (SSSR count). The number of carboxylic acid groups (broad SMARTS) is 1. The number of carboxylic acids is 1. The van der Waals surface area contributed by atoms with Crippen LogP contribution in [0.25, 0.3) is 11.3 Å². The third kappa shape index (κ3) is 3.98. The molecule has 33 heavy (non-hydrogen) atoms. The number of fused-ring (bicyclic) bond motifs is 3. The van der Waals surface area contributed by atoms with E-state index in [1.165, 1.54) is 18.2 Å². The molecule has 6 nitrogen and oxygen atoms in total. The molecule has 0 bridgehead atoms. The Bertz CT molecular complexity index is 1420. The van der Waals surface area contributed by atoms with Crippen molar-refractivity contribution in [1.82, 2.24) is 9.97 Å². The molecule has 0 atom stereocenters. The van der Waals surface area contributed by atoms with E-state index in [1.54, 1.807) is 48.7 Å². The highest BCUT2D eigenvalue weighted by Crippen LogP contribution is 2.32. The lowest BCUT2D eigenvalue weighted by Gasteiger charge is -2.13. The predicted molar refractivity (Wildman–Crippen MR) is 125 cm³/mol. The fourth-order valence-corrected chi connectivity index (χ4v) is 3.74. The Labute approximate surface area is 190 Å². The van der Waals surface area contributed by atoms with Crippen LogP contribution in [-0.4, -0.2) is 34.6 Å². The quantitative estimate of drug-likeness (QED) is 0.477. The minimum absolute atomic E-state index is 0.186. The largest absolute Gasteiger partial charge is 0.478 e. The number of nitrogens with zero attached hydrogens (tertiary/aromatic N) is 3. The maximum atomic E-state index is 14.6. The summed E-state index contributed by atoms with van der Waals surface area (Å²) in [6.07, 6.45) is 1.68. The Morgan fingerprint density at radius 3 is 2.55 bits per heavy atom. The maximum Gasteiger partial charge on any atom is 0.335 e. The van der Waals surface area contributed by atoms with Crippen LogP contribution < -0.4 is 10.8 Å². The highest BCUT2D eigenvalue weighted by Gasteiger charge is 2.22. The van der Waals surface area contributed by atoms with Gasteiger partial charge in [-0.05, 0) is 36.4 Å². The number of halogens is 1. The summed E-state index contributed by atoms with van der Waals surface area (Å²) < 4.78 is 14.6. The van der Waals surface area contributed by atoms with Gasteiger partial charge in [-0.2, -0.15) is 0 Å². The van der Waals surface area contributed by atoms with Gasteiger partial charge in [0.2, 0.25) is 5.95 Å². The van der Waals surface area contributed by atoms with Crippen LogP contribution in [0.4, 0.5) is 16.0 Å². The van der Waals surface area contributed by atoms with Crippen molar-refractivity contribution in [1.29, 1.82) is 0 Å². The average Bonchev–Trinajstić information content (AvgIpc) is 2.96. The number of aromatic carboxylic acids is 1. The monoisotopic (exact) mass is 434 g/mol. The molecule has 0 aliphatic carbocycles. The van der Waals surface area contributed by atoms with E-state index >= 15 is 0 Å². The summed E-state index contributed by atoms with van der Waals surface area (Å²) in [5.41, 5.74) is 5.19. The van der Waals surface area contributed by atoms with Crippen LogP contribution in [0.1, 0.15) is 27.0 Å². The number of anilines is 2. The van der Waals surface area contributed by atoms with Gasteiger partial charge in [-0.25, -0.2) is 19.2 Å². The first-order valence-electron chi connectivity index (χ1n) is 10.2. The molecule has 0 saturated carbocycles. The van der Waals surface area contributed by atoms with Gasteiger partial charge < -0.3 is 10.4 Å². The van der Waals surface area contributed by atoms with Gasteiger partial charge in [0, 0.05) is 34.1 Å². The van der Waals surface area contributed by atoms with Crippen LogP contribution in [-0.2, 0) is 6.54 Å². The van der Waals surface area contributed by atoms with Gasteiger partial charge >= 0.3 is 5.97 Å². The van der Waals surface area contributed by atoms with Crippen LogP contribution in [0.15, 0.2) is 77.9 Å². The molecular formula is C25H16BFN4O2. The van der Waals surface area contributed by atoms with Crippen LogP contribution in [0, 0.1) is 5.82 Å². The van der Waals surface area contributed by atoms with Crippen LogP contribution >= 0.6 is 0 Å². The lowest BCUT2D eigenvalue weighted by atomic mass is 9.88. The molecule has 4 aromatic rings. The van der Waals surface area contributed by atoms with Crippen LogP contribution in [0.5, 0.6) is 0 Å². The molecule has 0 amide bonds. The zero-order chi connectivity index (χ0) is 22.9. The van der Waals surface area contributed by atoms with Gasteiger partial charge in [0.25, 0.3) is 0 Å². The van der Waals surface area contributed by atoms with Crippen molar-refractivity contribution in [2.45, 2.75) is 6.54 Å². The number of rotatable bonds is 4. The van der Waals surface area contributed by atoms with Gasteiger partial charge in [-0.1, -0.05) is 35.8 Å². The van der Waals surface area contributed by atoms with E-state index in [9.17, 15) is 9.18 Å². The Balaban J connectivity index is 1.58. The minimum atomic E-state index is -0.998. The van der Waals surface area contributed by atoms with Crippen molar-refractivity contribution < 1.29 is 14.3 Å². The molecule has 0 unspecified atom stereocenters. The summed E-state index contributed by atoms with van der Waals surface area (Å²) >= 11 is 0. The number of aliphatic imine (C=N–C) groups is 1. The second-order valence-electron chi connectivity index (χ2n) is 7.52. The van der Waals surface area contributed by atoms with E-state index in [-0.39, 0.29) is 17.9 Å². The number of aromatic nitrogens is 2. The molecule has 2 N–H and O–H groups in total. The number of hydrogen-bond acceptors (Lipinski definition) is 5. The molecule has 8 heteroatoms. The minimum Gasteiger partial charge on any atom is -0.478 e. The summed E-state index contributed by atoms with van der Waals surface area (Å²) in [7, 11) is 6.08. The second-order valence-corrected chi connectivity index (χ2v) is 7.52. The highest BCUT2D eigenvalue weighted by molar-refractivity contribution is 6.33. The predicted octanol–water partition coefficient (Wildman–Crippen LogP) is 3.87. The molecule has 0 saturated heterocycles. The van der Waals surface area contributed by atoms with Crippen LogP contribution in [0.3, 0.4) is 0 Å². The number of benzene rings is 3. The van der Waals surface area contributed by atoms with Gasteiger partial charge in [0.1, 0.15) is 13.7 Å². The molecular weight excluding hydrogens is 418 g/mol. The van der Waals surface area contributed by atoms with Crippen molar-refractivity contribution in [3.05, 3.63) is 101 Å². The zero-order valence-electron chi connectivity index (χ0n) is 17.3. The fourth-order valence-electron chi connectivity index (χ4n) is 3.74. The van der Waals surface area contributed by atoms with E-state index in [0.717, 1.165) is 16.7 Å². The van der Waals surface area contributed by atoms with Crippen molar-refractivity contribution in [2.24, 2.45) is 4.99 Å². The molecule has 1 aliphatic heterocycles. The SMILES string of the molecule is [B]c1ccc2c(c1)-c1nc(Nc3ccc(C(=O)O)cc3)ncc1CN=C2c1ccccc1F. The first kappa shape index (κ1) is 20.6. The van der Waals surface area contributed by atoms with Crippen molar-refractivity contribution in [3.63, 3.8) is 0 Å². The van der Waals surface area contributed by atoms with Crippen LogP contribution in [0.2, 0.25) is 0 Å². The van der Waals surface area contributed by atoms with Gasteiger partial charge in [-0.15, -0.1) is 0 Å². The van der Waals surface area contributed by atoms with Gasteiger partial charge in [0.05, 0.1) is 23.5 Å². The molecule has 2 radical (unpaired) electrons. The topological polar surface area (TPSA) is 87.5 Å². The average molecular weight is 434 g/mol. The fraction of sp³-hybridized carbons (Fsp3) is 0.0400. The van der Waals surface area contributed by atoms with Gasteiger partial charge in [0.15, 0.2) is 0 Å².